The zero-order chi connectivity index (χ0) is 24.4. The molecule has 2 amide bonds. The molecule has 3 N–H and O–H groups in total. The van der Waals surface area contributed by atoms with Crippen LogP contribution in [0.25, 0.3) is 11.1 Å². The maximum Gasteiger partial charge on any atom is 0.407 e. The van der Waals surface area contributed by atoms with E-state index in [9.17, 15) is 14.4 Å². The van der Waals surface area contributed by atoms with Crippen molar-refractivity contribution < 1.29 is 24.2 Å². The van der Waals surface area contributed by atoms with Crippen LogP contribution in [0.4, 0.5) is 10.5 Å². The number of nitrogens with one attached hydrogen (secondary N) is 2. The molecule has 5 rings (SSSR count). The van der Waals surface area contributed by atoms with Gasteiger partial charge >= 0.3 is 12.1 Å². The fourth-order valence-corrected chi connectivity index (χ4v) is 5.05. The highest BCUT2D eigenvalue weighted by molar-refractivity contribution is 5.92. The molecule has 0 radical (unpaired) electrons. The number of ether oxygens (including phenoxy) is 1. The third kappa shape index (κ3) is 4.89. The summed E-state index contributed by atoms with van der Waals surface area (Å²) in [7, 11) is 0. The maximum atomic E-state index is 12.6. The van der Waals surface area contributed by atoms with Gasteiger partial charge < -0.3 is 20.5 Å². The van der Waals surface area contributed by atoms with E-state index in [1.54, 1.807) is 0 Å². The van der Waals surface area contributed by atoms with Gasteiger partial charge in [0.2, 0.25) is 5.91 Å². The number of carbonyl (C=O) groups excluding carboxylic acids is 2. The van der Waals surface area contributed by atoms with E-state index in [0.29, 0.717) is 24.9 Å². The second-order valence-electron chi connectivity index (χ2n) is 8.99. The highest BCUT2D eigenvalue weighted by atomic mass is 16.5. The Balaban J connectivity index is 1.12. The predicted octanol–water partition coefficient (Wildman–Crippen LogP) is 3.61. The van der Waals surface area contributed by atoms with Crippen LogP contribution in [-0.2, 0) is 20.9 Å². The topological polar surface area (TPSA) is 123 Å². The van der Waals surface area contributed by atoms with Crippen molar-refractivity contribution in [2.45, 2.75) is 37.8 Å². The maximum absolute atomic E-state index is 12.6. The summed E-state index contributed by atoms with van der Waals surface area (Å²) >= 11 is 0. The van der Waals surface area contributed by atoms with Crippen LogP contribution in [-0.4, -0.2) is 45.5 Å². The van der Waals surface area contributed by atoms with Gasteiger partial charge in [-0.15, -0.1) is 0 Å². The molecule has 9 heteroatoms. The summed E-state index contributed by atoms with van der Waals surface area (Å²) in [5, 5.41) is 18.4. The molecule has 3 aromatic rings. The van der Waals surface area contributed by atoms with Crippen LogP contribution in [0.5, 0.6) is 0 Å². The van der Waals surface area contributed by atoms with E-state index < -0.39 is 12.1 Å². The number of anilines is 1. The van der Waals surface area contributed by atoms with E-state index >= 15 is 0 Å². The Morgan fingerprint density at radius 2 is 1.71 bits per heavy atom. The quantitative estimate of drug-likeness (QED) is 0.481. The summed E-state index contributed by atoms with van der Waals surface area (Å²) in [6.45, 7) is -0.0255. The minimum atomic E-state index is -1.01. The second-order valence-corrected chi connectivity index (χ2v) is 8.99. The van der Waals surface area contributed by atoms with E-state index in [1.807, 2.05) is 24.3 Å². The standard InChI is InChI=1S/C26H26N4O5/c31-24(32)14-30-13-18(12-27-30)28-25(33)16-9-10-17(11-16)29-26(34)35-15-23-21-7-3-1-5-19(21)20-6-2-4-8-22(20)23/h1-8,12-13,16-17,23H,9-11,14-15H2,(H,28,33)(H,29,34)(H,31,32)/t16-,17+/m0/s1. The number of carboxylic acid groups (broad SMARTS) is 1. The zero-order valence-corrected chi connectivity index (χ0v) is 19.0. The number of alkyl carbamates (subject to hydrolysis) is 1. The van der Waals surface area contributed by atoms with Crippen LogP contribution in [0.1, 0.15) is 36.3 Å². The smallest absolute Gasteiger partial charge is 0.407 e. The van der Waals surface area contributed by atoms with Crippen molar-refractivity contribution in [3.8, 4) is 11.1 Å². The molecule has 0 aliphatic heterocycles. The Hall–Kier alpha value is -4.14. The first-order valence-corrected chi connectivity index (χ1v) is 11.6. The Morgan fingerprint density at radius 1 is 1.03 bits per heavy atom. The van der Waals surface area contributed by atoms with Crippen LogP contribution in [0.2, 0.25) is 0 Å². The Morgan fingerprint density at radius 3 is 2.40 bits per heavy atom. The average molecular weight is 475 g/mol. The number of aromatic nitrogens is 2. The molecule has 2 atom stereocenters. The number of carboxylic acids is 1. The number of nitrogens with zero attached hydrogens (tertiary/aromatic N) is 2. The highest BCUT2D eigenvalue weighted by Crippen LogP contribution is 2.44. The van der Waals surface area contributed by atoms with Crippen molar-refractivity contribution in [1.82, 2.24) is 15.1 Å². The summed E-state index contributed by atoms with van der Waals surface area (Å²) in [5.41, 5.74) is 5.12. The van der Waals surface area contributed by atoms with E-state index in [0.717, 1.165) is 11.1 Å². The van der Waals surface area contributed by atoms with Crippen molar-refractivity contribution in [2.24, 2.45) is 5.92 Å². The fraction of sp³-hybridized carbons (Fsp3) is 0.308. The molecule has 35 heavy (non-hydrogen) atoms. The molecule has 1 fully saturated rings. The van der Waals surface area contributed by atoms with Gasteiger partial charge in [0.1, 0.15) is 13.2 Å². The molecular formula is C26H26N4O5. The van der Waals surface area contributed by atoms with Gasteiger partial charge in [-0.05, 0) is 41.5 Å². The Kier molecular flexibility index (Phi) is 6.22. The molecule has 180 valence electrons. The highest BCUT2D eigenvalue weighted by Gasteiger charge is 2.32. The molecule has 0 unspecified atom stereocenters. The summed E-state index contributed by atoms with van der Waals surface area (Å²) in [6, 6.07) is 16.2. The Labute approximate surface area is 202 Å². The lowest BCUT2D eigenvalue weighted by Gasteiger charge is -2.17. The predicted molar refractivity (Wildman–Crippen MR) is 128 cm³/mol. The summed E-state index contributed by atoms with van der Waals surface area (Å²) in [4.78, 5) is 35.9. The van der Waals surface area contributed by atoms with Crippen molar-refractivity contribution in [3.05, 3.63) is 72.1 Å². The Bertz CT molecular complexity index is 1220. The molecule has 0 spiro atoms. The molecule has 1 saturated carbocycles. The number of carbonyl (C=O) groups is 3. The monoisotopic (exact) mass is 474 g/mol. The summed E-state index contributed by atoms with van der Waals surface area (Å²) < 4.78 is 6.86. The van der Waals surface area contributed by atoms with Gasteiger partial charge in [-0.3, -0.25) is 14.3 Å². The lowest BCUT2D eigenvalue weighted by Crippen LogP contribution is -2.35. The molecule has 1 aromatic heterocycles. The number of fused-ring (bicyclic) bond motifs is 3. The number of rotatable bonds is 7. The number of hydrogen-bond acceptors (Lipinski definition) is 5. The molecule has 0 saturated heterocycles. The number of aliphatic carboxylic acids is 1. The first kappa shape index (κ1) is 22.6. The third-order valence-electron chi connectivity index (χ3n) is 6.67. The van der Waals surface area contributed by atoms with Crippen molar-refractivity contribution >= 4 is 23.7 Å². The van der Waals surface area contributed by atoms with Crippen LogP contribution in [0.3, 0.4) is 0 Å². The van der Waals surface area contributed by atoms with Gasteiger partial charge in [-0.25, -0.2) is 4.79 Å². The van der Waals surface area contributed by atoms with Crippen LogP contribution in [0.15, 0.2) is 60.9 Å². The minimum Gasteiger partial charge on any atom is -0.480 e. The van der Waals surface area contributed by atoms with E-state index in [4.69, 9.17) is 9.84 Å². The van der Waals surface area contributed by atoms with Gasteiger partial charge in [0.15, 0.2) is 0 Å². The van der Waals surface area contributed by atoms with E-state index in [-0.39, 0.29) is 36.9 Å². The summed E-state index contributed by atoms with van der Waals surface area (Å²) in [6.07, 6.45) is 4.26. The van der Waals surface area contributed by atoms with Crippen LogP contribution in [0, 0.1) is 5.92 Å². The van der Waals surface area contributed by atoms with Gasteiger partial charge in [-0.1, -0.05) is 48.5 Å². The molecule has 9 nitrogen and oxygen atoms in total. The molecule has 2 aromatic carbocycles. The molecular weight excluding hydrogens is 448 g/mol. The van der Waals surface area contributed by atoms with Gasteiger partial charge in [-0.2, -0.15) is 5.10 Å². The third-order valence-corrected chi connectivity index (χ3v) is 6.67. The molecule has 2 aliphatic rings. The average Bonchev–Trinajstić information content (AvgIpc) is 3.55. The van der Waals surface area contributed by atoms with Gasteiger partial charge in [0.25, 0.3) is 0 Å². The van der Waals surface area contributed by atoms with E-state index in [1.165, 1.54) is 28.2 Å². The normalized spacial score (nSPS) is 18.5. The zero-order valence-electron chi connectivity index (χ0n) is 19.0. The summed E-state index contributed by atoms with van der Waals surface area (Å²) in [5.74, 6) is -1.44. The van der Waals surface area contributed by atoms with Crippen molar-refractivity contribution in [3.63, 3.8) is 0 Å². The largest absolute Gasteiger partial charge is 0.480 e. The van der Waals surface area contributed by atoms with Crippen molar-refractivity contribution in [1.29, 1.82) is 0 Å². The molecule has 2 aliphatic carbocycles. The van der Waals surface area contributed by atoms with Crippen molar-refractivity contribution in [2.75, 3.05) is 11.9 Å². The first-order chi connectivity index (χ1) is 17.0. The van der Waals surface area contributed by atoms with Gasteiger partial charge in [0.05, 0.1) is 11.9 Å². The van der Waals surface area contributed by atoms with Crippen LogP contribution < -0.4 is 10.6 Å². The second kappa shape index (κ2) is 9.61. The van der Waals surface area contributed by atoms with Crippen LogP contribution >= 0.6 is 0 Å². The number of hydrogen-bond donors (Lipinski definition) is 3. The number of amides is 2. The molecule has 1 heterocycles. The number of benzene rings is 2. The molecule has 0 bridgehead atoms. The minimum absolute atomic E-state index is 0.00250. The lowest BCUT2D eigenvalue weighted by molar-refractivity contribution is -0.137. The SMILES string of the molecule is O=C(O)Cn1cc(NC(=O)[C@H]2CC[C@@H](NC(=O)OCC3c4ccccc4-c4ccccc43)C2)cn1. The fourth-order valence-electron chi connectivity index (χ4n) is 5.05. The van der Waals surface area contributed by atoms with E-state index in [2.05, 4.69) is 40.0 Å². The lowest BCUT2D eigenvalue weighted by atomic mass is 9.98. The van der Waals surface area contributed by atoms with Gasteiger partial charge in [0, 0.05) is 24.1 Å². The first-order valence-electron chi connectivity index (χ1n) is 11.6.